The second kappa shape index (κ2) is 9.20. The fourth-order valence-electron chi connectivity index (χ4n) is 4.26. The lowest BCUT2D eigenvalue weighted by molar-refractivity contribution is -0.130. The van der Waals surface area contributed by atoms with E-state index < -0.39 is 5.54 Å². The van der Waals surface area contributed by atoms with Crippen LogP contribution in [0.5, 0.6) is 0 Å². The Labute approximate surface area is 167 Å². The van der Waals surface area contributed by atoms with E-state index in [0.29, 0.717) is 6.54 Å². The third-order valence-electron chi connectivity index (χ3n) is 6.08. The molecular formula is C22H30N4O2. The molecule has 2 aliphatic rings. The average Bonchev–Trinajstić information content (AvgIpc) is 2.74. The van der Waals surface area contributed by atoms with Crippen LogP contribution in [0.25, 0.3) is 0 Å². The number of rotatable bonds is 5. The SMILES string of the molecule is CC(C(=O)NC1(C#N)CCCCC1)N1CCCC(C(=O)Nc2ccccc2)C1. The molecule has 150 valence electrons. The summed E-state index contributed by atoms with van der Waals surface area (Å²) in [6.45, 7) is 3.23. The molecular weight excluding hydrogens is 352 g/mol. The molecule has 2 fully saturated rings. The minimum Gasteiger partial charge on any atom is -0.336 e. The van der Waals surface area contributed by atoms with Crippen molar-refractivity contribution < 1.29 is 9.59 Å². The van der Waals surface area contributed by atoms with Gasteiger partial charge in [-0.2, -0.15) is 5.26 Å². The number of hydrogen-bond acceptors (Lipinski definition) is 4. The first-order valence-electron chi connectivity index (χ1n) is 10.4. The van der Waals surface area contributed by atoms with Crippen molar-refractivity contribution in [3.05, 3.63) is 30.3 Å². The topological polar surface area (TPSA) is 85.2 Å². The normalized spacial score (nSPS) is 23.2. The van der Waals surface area contributed by atoms with Gasteiger partial charge in [0.15, 0.2) is 0 Å². The lowest BCUT2D eigenvalue weighted by Gasteiger charge is -2.38. The summed E-state index contributed by atoms with van der Waals surface area (Å²) in [6.07, 6.45) is 6.24. The molecule has 1 aliphatic heterocycles. The van der Waals surface area contributed by atoms with Gasteiger partial charge in [-0.15, -0.1) is 0 Å². The van der Waals surface area contributed by atoms with Crippen LogP contribution in [-0.4, -0.2) is 41.4 Å². The van der Waals surface area contributed by atoms with E-state index in [9.17, 15) is 14.9 Å². The van der Waals surface area contributed by atoms with Crippen LogP contribution in [0.1, 0.15) is 51.9 Å². The summed E-state index contributed by atoms with van der Waals surface area (Å²) in [7, 11) is 0. The molecule has 0 bridgehead atoms. The number of anilines is 1. The fraction of sp³-hybridized carbons (Fsp3) is 0.591. The van der Waals surface area contributed by atoms with Gasteiger partial charge in [0.2, 0.25) is 11.8 Å². The monoisotopic (exact) mass is 382 g/mol. The molecule has 2 atom stereocenters. The zero-order valence-corrected chi connectivity index (χ0v) is 16.6. The first-order chi connectivity index (χ1) is 13.5. The molecule has 1 heterocycles. The van der Waals surface area contributed by atoms with Crippen LogP contribution in [0, 0.1) is 17.2 Å². The first-order valence-corrected chi connectivity index (χ1v) is 10.4. The number of piperidine rings is 1. The molecule has 0 aromatic heterocycles. The fourth-order valence-corrected chi connectivity index (χ4v) is 4.26. The number of amides is 2. The van der Waals surface area contributed by atoms with Crippen molar-refractivity contribution in [2.45, 2.75) is 63.5 Å². The van der Waals surface area contributed by atoms with Gasteiger partial charge in [0, 0.05) is 12.2 Å². The Kier molecular flexibility index (Phi) is 6.69. The maximum atomic E-state index is 12.8. The second-order valence-corrected chi connectivity index (χ2v) is 8.11. The van der Waals surface area contributed by atoms with Crippen molar-refractivity contribution in [2.24, 2.45) is 5.92 Å². The molecule has 6 heteroatoms. The predicted molar refractivity (Wildman–Crippen MR) is 108 cm³/mol. The highest BCUT2D eigenvalue weighted by atomic mass is 16.2. The molecule has 1 saturated carbocycles. The van der Waals surface area contributed by atoms with Gasteiger partial charge in [0.25, 0.3) is 0 Å². The van der Waals surface area contributed by atoms with Gasteiger partial charge in [0.1, 0.15) is 5.54 Å². The van der Waals surface area contributed by atoms with Crippen molar-refractivity contribution in [1.29, 1.82) is 5.26 Å². The third kappa shape index (κ3) is 4.90. The molecule has 2 N–H and O–H groups in total. The lowest BCUT2D eigenvalue weighted by atomic mass is 9.82. The molecule has 2 unspecified atom stereocenters. The van der Waals surface area contributed by atoms with Crippen LogP contribution >= 0.6 is 0 Å². The Bertz CT molecular complexity index is 722. The van der Waals surface area contributed by atoms with E-state index in [1.807, 2.05) is 37.3 Å². The number of nitriles is 1. The van der Waals surface area contributed by atoms with E-state index >= 15 is 0 Å². The summed E-state index contributed by atoms with van der Waals surface area (Å²) in [6, 6.07) is 11.5. The van der Waals surface area contributed by atoms with E-state index in [0.717, 1.165) is 57.2 Å². The molecule has 0 spiro atoms. The Morgan fingerprint density at radius 2 is 1.89 bits per heavy atom. The van der Waals surface area contributed by atoms with Gasteiger partial charge in [0.05, 0.1) is 18.0 Å². The van der Waals surface area contributed by atoms with Crippen LogP contribution in [0.3, 0.4) is 0 Å². The second-order valence-electron chi connectivity index (χ2n) is 8.11. The quantitative estimate of drug-likeness (QED) is 0.820. The van der Waals surface area contributed by atoms with Crippen molar-refractivity contribution in [1.82, 2.24) is 10.2 Å². The summed E-state index contributed by atoms with van der Waals surface area (Å²) < 4.78 is 0. The number of likely N-dealkylation sites (tertiary alicyclic amines) is 1. The smallest absolute Gasteiger partial charge is 0.238 e. The van der Waals surface area contributed by atoms with Crippen LogP contribution in [0.2, 0.25) is 0 Å². The number of nitrogens with one attached hydrogen (secondary N) is 2. The minimum absolute atomic E-state index is 0.00397. The molecule has 1 aromatic rings. The number of nitrogens with zero attached hydrogens (tertiary/aromatic N) is 2. The highest BCUT2D eigenvalue weighted by molar-refractivity contribution is 5.92. The van der Waals surface area contributed by atoms with Gasteiger partial charge in [-0.25, -0.2) is 0 Å². The van der Waals surface area contributed by atoms with Crippen LogP contribution in [0.15, 0.2) is 30.3 Å². The molecule has 3 rings (SSSR count). The summed E-state index contributed by atoms with van der Waals surface area (Å²) >= 11 is 0. The Morgan fingerprint density at radius 1 is 1.18 bits per heavy atom. The van der Waals surface area contributed by atoms with Gasteiger partial charge < -0.3 is 10.6 Å². The molecule has 1 aromatic carbocycles. The number of hydrogen-bond donors (Lipinski definition) is 2. The summed E-state index contributed by atoms with van der Waals surface area (Å²) in [4.78, 5) is 27.5. The number of para-hydroxylation sites is 1. The van der Waals surface area contributed by atoms with Gasteiger partial charge >= 0.3 is 0 Å². The lowest BCUT2D eigenvalue weighted by Crippen LogP contribution is -2.56. The van der Waals surface area contributed by atoms with Crippen molar-refractivity contribution in [2.75, 3.05) is 18.4 Å². The molecule has 1 saturated heterocycles. The highest BCUT2D eigenvalue weighted by Gasteiger charge is 2.37. The summed E-state index contributed by atoms with van der Waals surface area (Å²) in [5, 5.41) is 15.6. The summed E-state index contributed by atoms with van der Waals surface area (Å²) in [5.41, 5.74) is 0.0763. The highest BCUT2D eigenvalue weighted by Crippen LogP contribution is 2.28. The van der Waals surface area contributed by atoms with E-state index in [1.54, 1.807) is 0 Å². The van der Waals surface area contributed by atoms with Crippen LogP contribution in [-0.2, 0) is 9.59 Å². The van der Waals surface area contributed by atoms with Gasteiger partial charge in [-0.05, 0) is 51.3 Å². The summed E-state index contributed by atoms with van der Waals surface area (Å²) in [5.74, 6) is -0.235. The zero-order chi connectivity index (χ0) is 20.0. The number of benzene rings is 1. The van der Waals surface area contributed by atoms with Gasteiger partial charge in [-0.1, -0.05) is 37.5 Å². The molecule has 1 aliphatic carbocycles. The Morgan fingerprint density at radius 3 is 2.57 bits per heavy atom. The van der Waals surface area contributed by atoms with Crippen molar-refractivity contribution in [3.63, 3.8) is 0 Å². The Balaban J connectivity index is 1.57. The molecule has 28 heavy (non-hydrogen) atoms. The largest absolute Gasteiger partial charge is 0.336 e. The molecule has 6 nitrogen and oxygen atoms in total. The van der Waals surface area contributed by atoms with E-state index in [2.05, 4.69) is 21.6 Å². The standard InChI is InChI=1S/C22H30N4O2/c1-17(20(27)25-22(16-23)12-6-3-7-13-22)26-14-8-9-18(15-26)21(28)24-19-10-4-2-5-11-19/h2,4-5,10-11,17-18H,3,6-9,12-15H2,1H3,(H,24,28)(H,25,27). The maximum absolute atomic E-state index is 12.8. The third-order valence-corrected chi connectivity index (χ3v) is 6.08. The zero-order valence-electron chi connectivity index (χ0n) is 16.6. The van der Waals surface area contributed by atoms with Crippen molar-refractivity contribution in [3.8, 4) is 6.07 Å². The van der Waals surface area contributed by atoms with E-state index in [-0.39, 0.29) is 23.8 Å². The Hall–Kier alpha value is -2.39. The average molecular weight is 383 g/mol. The first kappa shape index (κ1) is 20.3. The van der Waals surface area contributed by atoms with Crippen molar-refractivity contribution >= 4 is 17.5 Å². The number of carbonyl (C=O) groups excluding carboxylic acids is 2. The van der Waals surface area contributed by atoms with E-state index in [1.165, 1.54) is 0 Å². The number of carbonyl (C=O) groups is 2. The van der Waals surface area contributed by atoms with Gasteiger partial charge in [-0.3, -0.25) is 14.5 Å². The van der Waals surface area contributed by atoms with Crippen LogP contribution < -0.4 is 10.6 Å². The van der Waals surface area contributed by atoms with Crippen LogP contribution in [0.4, 0.5) is 5.69 Å². The molecule has 0 radical (unpaired) electrons. The van der Waals surface area contributed by atoms with E-state index in [4.69, 9.17) is 0 Å². The predicted octanol–water partition coefficient (Wildman–Crippen LogP) is 3.07. The minimum atomic E-state index is -0.719. The maximum Gasteiger partial charge on any atom is 0.238 e. The molecule has 2 amide bonds.